The van der Waals surface area contributed by atoms with Gasteiger partial charge in [-0.2, -0.15) is 4.91 Å². The summed E-state index contributed by atoms with van der Waals surface area (Å²) < 4.78 is 5.21. The van der Waals surface area contributed by atoms with Gasteiger partial charge in [0.25, 0.3) is 0 Å². The van der Waals surface area contributed by atoms with Crippen LogP contribution < -0.4 is 0 Å². The van der Waals surface area contributed by atoms with Crippen LogP contribution in [0.1, 0.15) is 19.3 Å². The average Bonchev–Trinajstić information content (AvgIpc) is 2.64. The Morgan fingerprint density at radius 3 is 2.89 bits per heavy atom. The van der Waals surface area contributed by atoms with Gasteiger partial charge in [0.05, 0.1) is 18.2 Å². The number of fused-ring (bicyclic) bond motifs is 1. The van der Waals surface area contributed by atoms with Crippen molar-refractivity contribution in [2.24, 2.45) is 5.18 Å². The summed E-state index contributed by atoms with van der Waals surface area (Å²) in [5, 5.41) is 2.99. The third-order valence-electron chi connectivity index (χ3n) is 2.13. The molecule has 0 aromatic carbocycles. The van der Waals surface area contributed by atoms with Crippen LogP contribution in [0.5, 0.6) is 0 Å². The third kappa shape index (κ3) is 0.852. The first-order valence-electron chi connectivity index (χ1n) is 3.38. The number of nitroso groups, excluding NO2 is 1. The smallest absolute Gasteiger partial charge is 0.0946 e. The van der Waals surface area contributed by atoms with Gasteiger partial charge in [-0.25, -0.2) is 0 Å². The maximum atomic E-state index is 10.0. The molecule has 1 aliphatic carbocycles. The number of rotatable bonds is 1. The SMILES string of the molecule is O=NC1CCC2OC2C1. The molecule has 1 aliphatic heterocycles. The highest BCUT2D eigenvalue weighted by atomic mass is 16.6. The number of hydrogen-bond donors (Lipinski definition) is 0. The zero-order chi connectivity index (χ0) is 6.27. The second-order valence-corrected chi connectivity index (χ2v) is 2.79. The highest BCUT2D eigenvalue weighted by molar-refractivity contribution is 4.94. The van der Waals surface area contributed by atoms with E-state index in [-0.39, 0.29) is 6.04 Å². The maximum absolute atomic E-state index is 10.0. The molecule has 1 heterocycles. The summed E-state index contributed by atoms with van der Waals surface area (Å²) in [6, 6.07) is 0.0498. The van der Waals surface area contributed by atoms with Gasteiger partial charge < -0.3 is 4.74 Å². The molecule has 0 spiro atoms. The van der Waals surface area contributed by atoms with Crippen LogP contribution in [0.25, 0.3) is 0 Å². The monoisotopic (exact) mass is 127 g/mol. The van der Waals surface area contributed by atoms with E-state index in [0.717, 1.165) is 19.3 Å². The van der Waals surface area contributed by atoms with E-state index in [9.17, 15) is 4.91 Å². The molecule has 9 heavy (non-hydrogen) atoms. The van der Waals surface area contributed by atoms with E-state index in [1.807, 2.05) is 0 Å². The molecule has 0 radical (unpaired) electrons. The highest BCUT2D eigenvalue weighted by Gasteiger charge is 2.44. The summed E-state index contributed by atoms with van der Waals surface area (Å²) in [7, 11) is 0. The average molecular weight is 127 g/mol. The molecule has 1 saturated heterocycles. The molecule has 0 amide bonds. The molecule has 0 bridgehead atoms. The van der Waals surface area contributed by atoms with Gasteiger partial charge in [0, 0.05) is 6.42 Å². The van der Waals surface area contributed by atoms with E-state index >= 15 is 0 Å². The quantitative estimate of drug-likeness (QED) is 0.390. The van der Waals surface area contributed by atoms with E-state index in [2.05, 4.69) is 5.18 Å². The Bertz CT molecular complexity index is 137. The van der Waals surface area contributed by atoms with Crippen LogP contribution in [-0.4, -0.2) is 18.2 Å². The predicted molar refractivity (Wildman–Crippen MR) is 32.1 cm³/mol. The highest BCUT2D eigenvalue weighted by Crippen LogP contribution is 2.37. The lowest BCUT2D eigenvalue weighted by atomic mass is 9.96. The van der Waals surface area contributed by atoms with Gasteiger partial charge >= 0.3 is 0 Å². The zero-order valence-corrected chi connectivity index (χ0v) is 5.12. The third-order valence-corrected chi connectivity index (χ3v) is 2.13. The number of epoxide rings is 1. The maximum Gasteiger partial charge on any atom is 0.0946 e. The predicted octanol–water partition coefficient (Wildman–Crippen LogP) is 1.07. The Balaban J connectivity index is 1.93. The molecular weight excluding hydrogens is 118 g/mol. The van der Waals surface area contributed by atoms with Crippen molar-refractivity contribution >= 4 is 0 Å². The van der Waals surface area contributed by atoms with Crippen molar-refractivity contribution in [1.29, 1.82) is 0 Å². The number of nitrogens with zero attached hydrogens (tertiary/aromatic N) is 1. The Hall–Kier alpha value is -0.440. The second kappa shape index (κ2) is 1.77. The summed E-state index contributed by atoms with van der Waals surface area (Å²) in [6.45, 7) is 0. The van der Waals surface area contributed by atoms with Gasteiger partial charge in [-0.1, -0.05) is 5.18 Å². The minimum absolute atomic E-state index is 0.0498. The fourth-order valence-electron chi connectivity index (χ4n) is 1.48. The zero-order valence-electron chi connectivity index (χ0n) is 5.12. The summed E-state index contributed by atoms with van der Waals surface area (Å²) in [4.78, 5) is 10.0. The molecule has 50 valence electrons. The second-order valence-electron chi connectivity index (χ2n) is 2.79. The van der Waals surface area contributed by atoms with Crippen molar-refractivity contribution in [3.05, 3.63) is 4.91 Å². The van der Waals surface area contributed by atoms with Crippen LogP contribution in [0.4, 0.5) is 0 Å². The molecule has 0 N–H and O–H groups in total. The van der Waals surface area contributed by atoms with Crippen LogP contribution in [0.15, 0.2) is 5.18 Å². The summed E-state index contributed by atoms with van der Waals surface area (Å²) in [5.41, 5.74) is 0. The van der Waals surface area contributed by atoms with E-state index in [4.69, 9.17) is 4.74 Å². The van der Waals surface area contributed by atoms with Crippen molar-refractivity contribution in [3.8, 4) is 0 Å². The van der Waals surface area contributed by atoms with E-state index < -0.39 is 0 Å². The molecule has 0 aromatic heterocycles. The van der Waals surface area contributed by atoms with Gasteiger partial charge in [-0.05, 0) is 12.8 Å². The minimum atomic E-state index is 0.0498. The topological polar surface area (TPSA) is 42.0 Å². The first-order valence-corrected chi connectivity index (χ1v) is 3.38. The lowest BCUT2D eigenvalue weighted by molar-refractivity contribution is 0.371. The van der Waals surface area contributed by atoms with Gasteiger partial charge in [-0.15, -0.1) is 0 Å². The molecule has 1 saturated carbocycles. The molecule has 2 rings (SSSR count). The largest absolute Gasteiger partial charge is 0.370 e. The lowest BCUT2D eigenvalue weighted by Crippen LogP contribution is -2.15. The van der Waals surface area contributed by atoms with Crippen LogP contribution in [0.3, 0.4) is 0 Å². The molecule has 3 nitrogen and oxygen atoms in total. The van der Waals surface area contributed by atoms with Gasteiger partial charge in [0.2, 0.25) is 0 Å². The van der Waals surface area contributed by atoms with E-state index in [1.54, 1.807) is 0 Å². The van der Waals surface area contributed by atoms with Crippen LogP contribution in [0, 0.1) is 4.91 Å². The Morgan fingerprint density at radius 2 is 2.22 bits per heavy atom. The molecule has 2 fully saturated rings. The molecule has 0 aromatic rings. The van der Waals surface area contributed by atoms with Crippen LogP contribution >= 0.6 is 0 Å². The van der Waals surface area contributed by atoms with Crippen molar-refractivity contribution in [1.82, 2.24) is 0 Å². The minimum Gasteiger partial charge on any atom is -0.370 e. The van der Waals surface area contributed by atoms with Gasteiger partial charge in [0.15, 0.2) is 0 Å². The van der Waals surface area contributed by atoms with E-state index in [1.165, 1.54) is 0 Å². The summed E-state index contributed by atoms with van der Waals surface area (Å²) >= 11 is 0. The standard InChI is InChI=1S/C6H9NO2/c8-7-4-1-2-5-6(3-4)9-5/h4-6H,1-3H2. The fraction of sp³-hybridized carbons (Fsp3) is 1.00. The van der Waals surface area contributed by atoms with Crippen LogP contribution in [-0.2, 0) is 4.74 Å². The normalized spacial score (nSPS) is 47.8. The van der Waals surface area contributed by atoms with E-state index in [0.29, 0.717) is 12.2 Å². The first kappa shape index (κ1) is 5.35. The van der Waals surface area contributed by atoms with Crippen molar-refractivity contribution < 1.29 is 4.74 Å². The van der Waals surface area contributed by atoms with Crippen molar-refractivity contribution in [3.63, 3.8) is 0 Å². The van der Waals surface area contributed by atoms with Gasteiger partial charge in [0.1, 0.15) is 0 Å². The summed E-state index contributed by atoms with van der Waals surface area (Å²) in [5.74, 6) is 0. The summed E-state index contributed by atoms with van der Waals surface area (Å²) in [6.07, 6.45) is 3.73. The Kier molecular flexibility index (Phi) is 1.05. The number of ether oxygens (including phenoxy) is 1. The number of hydrogen-bond acceptors (Lipinski definition) is 3. The molecule has 3 heteroatoms. The van der Waals surface area contributed by atoms with Crippen LogP contribution in [0.2, 0.25) is 0 Å². The Morgan fingerprint density at radius 1 is 1.33 bits per heavy atom. The first-order chi connectivity index (χ1) is 4.40. The molecule has 3 unspecified atom stereocenters. The lowest BCUT2D eigenvalue weighted by Gasteiger charge is -2.09. The molecule has 2 aliphatic rings. The Labute approximate surface area is 53.4 Å². The fourth-order valence-corrected chi connectivity index (χ4v) is 1.48. The molecular formula is C6H9NO2. The van der Waals surface area contributed by atoms with Gasteiger partial charge in [-0.3, -0.25) is 0 Å². The molecule has 3 atom stereocenters. The van der Waals surface area contributed by atoms with Crippen molar-refractivity contribution in [2.45, 2.75) is 37.5 Å². The van der Waals surface area contributed by atoms with Crippen molar-refractivity contribution in [2.75, 3.05) is 0 Å².